The maximum absolute atomic E-state index is 13.1. The Kier molecular flexibility index (Phi) is 5.12. The molecule has 3 aromatic rings. The number of aryl methyl sites for hydroxylation is 1. The van der Waals surface area contributed by atoms with Gasteiger partial charge < -0.3 is 9.26 Å². The van der Waals surface area contributed by atoms with Gasteiger partial charge in [-0.15, -0.1) is 0 Å². The zero-order chi connectivity index (χ0) is 23.1. The molecular formula is C23H22N6O4. The largest absolute Gasteiger partial charge is 0.491 e. The van der Waals surface area contributed by atoms with E-state index in [-0.39, 0.29) is 24.4 Å². The smallest absolute Gasteiger partial charge is 0.263 e. The molecule has 1 saturated heterocycles. The van der Waals surface area contributed by atoms with Crippen LogP contribution in [0.5, 0.6) is 5.75 Å². The van der Waals surface area contributed by atoms with E-state index in [1.54, 1.807) is 12.1 Å². The van der Waals surface area contributed by atoms with Gasteiger partial charge in [-0.25, -0.2) is 4.90 Å². The van der Waals surface area contributed by atoms with Gasteiger partial charge in [-0.05, 0) is 57.2 Å². The number of carbonyl (C=O) groups is 2. The number of imide groups is 1. The molecule has 10 heteroatoms. The molecule has 1 fully saturated rings. The van der Waals surface area contributed by atoms with Crippen molar-refractivity contribution in [3.05, 3.63) is 60.0 Å². The molecule has 2 atom stereocenters. The molecule has 0 saturated carbocycles. The number of hydrogen-bond acceptors (Lipinski definition) is 9. The van der Waals surface area contributed by atoms with Crippen LogP contribution in [0.1, 0.15) is 25.3 Å². The van der Waals surface area contributed by atoms with E-state index in [9.17, 15) is 9.59 Å². The number of ether oxygens (including phenoxy) is 1. The lowest BCUT2D eigenvalue weighted by Crippen LogP contribution is -2.39. The summed E-state index contributed by atoms with van der Waals surface area (Å²) in [6, 6.07) is 12.9. The second-order valence-electron chi connectivity index (χ2n) is 8.24. The van der Waals surface area contributed by atoms with E-state index >= 15 is 0 Å². The third kappa shape index (κ3) is 3.84. The average molecular weight is 446 g/mol. The first-order chi connectivity index (χ1) is 15.9. The first-order valence-corrected chi connectivity index (χ1v) is 10.6. The highest BCUT2D eigenvalue weighted by molar-refractivity contribution is 6.25. The van der Waals surface area contributed by atoms with E-state index < -0.39 is 18.0 Å². The summed E-state index contributed by atoms with van der Waals surface area (Å²) in [6.07, 6.45) is 0.0817. The molecule has 3 heterocycles. The number of carbonyl (C=O) groups excluding carboxylic acids is 2. The maximum Gasteiger partial charge on any atom is 0.263 e. The first kappa shape index (κ1) is 20.8. The molecule has 0 unspecified atom stereocenters. The van der Waals surface area contributed by atoms with Crippen LogP contribution in [0.25, 0.3) is 11.4 Å². The Morgan fingerprint density at radius 2 is 1.76 bits per heavy atom. The van der Waals surface area contributed by atoms with Crippen molar-refractivity contribution < 1.29 is 18.8 Å². The van der Waals surface area contributed by atoms with Crippen molar-refractivity contribution in [2.75, 3.05) is 4.90 Å². The first-order valence-electron chi connectivity index (χ1n) is 10.6. The van der Waals surface area contributed by atoms with Crippen LogP contribution >= 0.6 is 0 Å². The second-order valence-corrected chi connectivity index (χ2v) is 8.24. The molecular weight excluding hydrogens is 424 g/mol. The summed E-state index contributed by atoms with van der Waals surface area (Å²) in [5.74, 6) is 0.655. The molecule has 2 aliphatic rings. The lowest BCUT2D eigenvalue weighted by atomic mass is 10.1. The van der Waals surface area contributed by atoms with Gasteiger partial charge in [0.2, 0.25) is 11.7 Å². The molecule has 0 radical (unpaired) electrons. The van der Waals surface area contributed by atoms with Crippen LogP contribution in [0.15, 0.2) is 63.4 Å². The molecule has 2 aromatic carbocycles. The lowest BCUT2D eigenvalue weighted by Gasteiger charge is -2.19. The van der Waals surface area contributed by atoms with Crippen molar-refractivity contribution in [2.24, 2.45) is 10.3 Å². The number of hydrogen-bond donors (Lipinski definition) is 0. The van der Waals surface area contributed by atoms with Crippen LogP contribution in [0.3, 0.4) is 0 Å². The standard InChI is InChI=1S/C23H22N6O4/c1-13(2)32-17-10-6-15(7-11-17)21-24-18(33-26-21)12-28-20-19(25-27-28)22(30)29(23(20)31)16-8-4-14(3)5-9-16/h4-11,13,19-20H,12H2,1-3H3/t19-,20+/m1/s1. The van der Waals surface area contributed by atoms with Gasteiger partial charge in [0.1, 0.15) is 12.3 Å². The molecule has 0 aliphatic carbocycles. The van der Waals surface area contributed by atoms with E-state index in [0.717, 1.165) is 16.9 Å². The molecule has 2 amide bonds. The van der Waals surface area contributed by atoms with E-state index in [2.05, 4.69) is 20.5 Å². The molecule has 0 bridgehead atoms. The summed E-state index contributed by atoms with van der Waals surface area (Å²) >= 11 is 0. The predicted molar refractivity (Wildman–Crippen MR) is 117 cm³/mol. The molecule has 2 aliphatic heterocycles. The minimum Gasteiger partial charge on any atom is -0.491 e. The minimum atomic E-state index is -0.880. The highest BCUT2D eigenvalue weighted by Crippen LogP contribution is 2.33. The average Bonchev–Trinajstić information content (AvgIpc) is 3.48. The molecule has 10 nitrogen and oxygen atoms in total. The van der Waals surface area contributed by atoms with Crippen molar-refractivity contribution in [2.45, 2.75) is 45.5 Å². The Hall–Kier alpha value is -4.08. The van der Waals surface area contributed by atoms with Crippen LogP contribution in [-0.2, 0) is 16.1 Å². The molecule has 1 aromatic heterocycles. The van der Waals surface area contributed by atoms with Crippen molar-refractivity contribution in [3.8, 4) is 17.1 Å². The summed E-state index contributed by atoms with van der Waals surface area (Å²) in [6.45, 7) is 5.92. The Morgan fingerprint density at radius 3 is 2.45 bits per heavy atom. The number of fused-ring (bicyclic) bond motifs is 1. The fourth-order valence-electron chi connectivity index (χ4n) is 3.83. The molecule has 33 heavy (non-hydrogen) atoms. The van der Waals surface area contributed by atoms with Gasteiger partial charge >= 0.3 is 0 Å². The zero-order valence-electron chi connectivity index (χ0n) is 18.4. The van der Waals surface area contributed by atoms with Gasteiger partial charge in [0.05, 0.1) is 11.8 Å². The SMILES string of the molecule is Cc1ccc(N2C(=O)[C@@H]3[C@@H](N=NN3Cc3nc(-c4ccc(OC(C)C)cc4)no3)C2=O)cc1. The minimum absolute atomic E-state index is 0.0625. The van der Waals surface area contributed by atoms with Crippen LogP contribution < -0.4 is 9.64 Å². The summed E-state index contributed by atoms with van der Waals surface area (Å²) < 4.78 is 11.0. The van der Waals surface area contributed by atoms with Crippen molar-refractivity contribution in [3.63, 3.8) is 0 Å². The zero-order valence-corrected chi connectivity index (χ0v) is 18.4. The predicted octanol–water partition coefficient (Wildman–Crippen LogP) is 3.33. The topological polar surface area (TPSA) is 113 Å². The van der Waals surface area contributed by atoms with Gasteiger partial charge in [0.15, 0.2) is 12.1 Å². The van der Waals surface area contributed by atoms with Crippen LogP contribution in [-0.4, -0.2) is 45.2 Å². The molecule has 0 spiro atoms. The molecule has 0 N–H and O–H groups in total. The number of benzene rings is 2. The second kappa shape index (κ2) is 8.12. The molecule has 168 valence electrons. The Bertz CT molecular complexity index is 1220. The van der Waals surface area contributed by atoms with Gasteiger partial charge in [0.25, 0.3) is 11.8 Å². The van der Waals surface area contributed by atoms with E-state index in [4.69, 9.17) is 9.26 Å². The summed E-state index contributed by atoms with van der Waals surface area (Å²) in [7, 11) is 0. The molecule has 5 rings (SSSR count). The number of anilines is 1. The Balaban J connectivity index is 1.31. The van der Waals surface area contributed by atoms with Crippen LogP contribution in [0.2, 0.25) is 0 Å². The highest BCUT2D eigenvalue weighted by Gasteiger charge is 2.55. The Morgan fingerprint density at radius 1 is 1.03 bits per heavy atom. The third-order valence-electron chi connectivity index (χ3n) is 5.40. The summed E-state index contributed by atoms with van der Waals surface area (Å²) in [5.41, 5.74) is 2.32. The normalized spacial score (nSPS) is 19.6. The highest BCUT2D eigenvalue weighted by atomic mass is 16.5. The fourth-order valence-corrected chi connectivity index (χ4v) is 3.83. The number of amides is 2. The van der Waals surface area contributed by atoms with Crippen molar-refractivity contribution >= 4 is 17.5 Å². The van der Waals surface area contributed by atoms with Gasteiger partial charge in [-0.2, -0.15) is 10.1 Å². The number of aromatic nitrogens is 2. The fraction of sp³-hybridized carbons (Fsp3) is 0.304. The van der Waals surface area contributed by atoms with E-state index in [1.165, 1.54) is 9.91 Å². The third-order valence-corrected chi connectivity index (χ3v) is 5.40. The lowest BCUT2D eigenvalue weighted by molar-refractivity contribution is -0.123. The van der Waals surface area contributed by atoms with Crippen molar-refractivity contribution in [1.82, 2.24) is 15.1 Å². The van der Waals surface area contributed by atoms with Gasteiger partial charge in [-0.1, -0.05) is 28.1 Å². The van der Waals surface area contributed by atoms with E-state index in [0.29, 0.717) is 11.5 Å². The van der Waals surface area contributed by atoms with Gasteiger partial charge in [0, 0.05) is 5.56 Å². The van der Waals surface area contributed by atoms with E-state index in [1.807, 2.05) is 57.2 Å². The summed E-state index contributed by atoms with van der Waals surface area (Å²) in [5, 5.41) is 13.5. The number of rotatable bonds is 6. The van der Waals surface area contributed by atoms with Crippen LogP contribution in [0.4, 0.5) is 5.69 Å². The maximum atomic E-state index is 13.1. The van der Waals surface area contributed by atoms with Gasteiger partial charge in [-0.3, -0.25) is 14.6 Å². The summed E-state index contributed by atoms with van der Waals surface area (Å²) in [4.78, 5) is 31.5. The quantitative estimate of drug-likeness (QED) is 0.534. The monoisotopic (exact) mass is 446 g/mol. The van der Waals surface area contributed by atoms with Crippen LogP contribution in [0, 0.1) is 6.92 Å². The Labute approximate surface area is 189 Å². The van der Waals surface area contributed by atoms with Crippen molar-refractivity contribution in [1.29, 1.82) is 0 Å². The number of nitrogens with zero attached hydrogens (tertiary/aromatic N) is 6.